The first-order valence-corrected chi connectivity index (χ1v) is 10.0. The van der Waals surface area contributed by atoms with Gasteiger partial charge in [-0.3, -0.25) is 9.69 Å². The molecular formula is C20H31F3IN5O. The normalized spacial score (nSPS) is 17.4. The Morgan fingerprint density at radius 3 is 2.50 bits per heavy atom. The van der Waals surface area contributed by atoms with Gasteiger partial charge >= 0.3 is 6.18 Å². The zero-order chi connectivity index (χ0) is 21.3. The van der Waals surface area contributed by atoms with Gasteiger partial charge in [-0.15, -0.1) is 24.0 Å². The Labute approximate surface area is 193 Å². The molecule has 1 fully saturated rings. The van der Waals surface area contributed by atoms with Crippen molar-refractivity contribution < 1.29 is 18.0 Å². The summed E-state index contributed by atoms with van der Waals surface area (Å²) in [6.45, 7) is 7.54. The van der Waals surface area contributed by atoms with Crippen molar-refractivity contribution in [2.45, 2.75) is 45.5 Å². The van der Waals surface area contributed by atoms with Gasteiger partial charge in [0.15, 0.2) is 5.96 Å². The molecule has 1 atom stereocenters. The standard InChI is InChI=1S/C20H30F3N5O.HI/c1-3-10-25-18(29)12-26-19(24-4-2)27-17-9-11-28(14-17)13-15-5-7-16(8-6-15)20(21,22)23;/h5-8,17H,3-4,9-14H2,1-2H3,(H,25,29)(H2,24,26,27);1H. The smallest absolute Gasteiger partial charge is 0.357 e. The van der Waals surface area contributed by atoms with Crippen molar-refractivity contribution in [3.05, 3.63) is 35.4 Å². The first kappa shape index (κ1) is 26.5. The fourth-order valence-electron chi connectivity index (χ4n) is 3.14. The summed E-state index contributed by atoms with van der Waals surface area (Å²) in [5.41, 5.74) is 0.225. The summed E-state index contributed by atoms with van der Waals surface area (Å²) in [5, 5.41) is 9.27. The summed E-state index contributed by atoms with van der Waals surface area (Å²) in [7, 11) is 0. The zero-order valence-corrected chi connectivity index (χ0v) is 19.7. The van der Waals surface area contributed by atoms with Crippen molar-refractivity contribution in [1.82, 2.24) is 20.9 Å². The Hall–Kier alpha value is -1.56. The maximum atomic E-state index is 12.7. The number of guanidine groups is 1. The van der Waals surface area contributed by atoms with E-state index in [2.05, 4.69) is 25.8 Å². The van der Waals surface area contributed by atoms with Gasteiger partial charge in [-0.25, -0.2) is 4.99 Å². The molecule has 170 valence electrons. The van der Waals surface area contributed by atoms with Crippen LogP contribution in [0, 0.1) is 0 Å². The number of alkyl halides is 3. The van der Waals surface area contributed by atoms with E-state index in [4.69, 9.17) is 0 Å². The second kappa shape index (κ2) is 13.0. The Morgan fingerprint density at radius 2 is 1.90 bits per heavy atom. The monoisotopic (exact) mass is 541 g/mol. The number of aliphatic imine (C=N–C) groups is 1. The molecule has 0 saturated carbocycles. The van der Waals surface area contributed by atoms with Crippen LogP contribution in [-0.4, -0.2) is 55.5 Å². The number of amides is 1. The second-order valence-electron chi connectivity index (χ2n) is 7.10. The molecule has 0 bridgehead atoms. The lowest BCUT2D eigenvalue weighted by molar-refractivity contribution is -0.137. The molecule has 1 aliphatic heterocycles. The molecule has 2 rings (SSSR count). The lowest BCUT2D eigenvalue weighted by Crippen LogP contribution is -2.45. The molecule has 1 saturated heterocycles. The molecule has 1 heterocycles. The van der Waals surface area contributed by atoms with Gasteiger partial charge in [0.25, 0.3) is 0 Å². The number of hydrogen-bond acceptors (Lipinski definition) is 3. The van der Waals surface area contributed by atoms with Gasteiger partial charge in [0.2, 0.25) is 5.91 Å². The number of likely N-dealkylation sites (tertiary alicyclic amines) is 1. The van der Waals surface area contributed by atoms with Crippen LogP contribution in [0.15, 0.2) is 29.3 Å². The molecule has 1 unspecified atom stereocenters. The van der Waals surface area contributed by atoms with Crippen molar-refractivity contribution in [2.24, 2.45) is 4.99 Å². The summed E-state index contributed by atoms with van der Waals surface area (Å²) < 4.78 is 38.0. The summed E-state index contributed by atoms with van der Waals surface area (Å²) in [6, 6.07) is 5.48. The fourth-order valence-corrected chi connectivity index (χ4v) is 3.14. The van der Waals surface area contributed by atoms with Gasteiger partial charge in [0, 0.05) is 38.8 Å². The molecule has 3 N–H and O–H groups in total. The van der Waals surface area contributed by atoms with E-state index >= 15 is 0 Å². The SMILES string of the molecule is CCCNC(=O)CN=C(NCC)NC1CCN(Cc2ccc(C(F)(F)F)cc2)C1.I. The average molecular weight is 541 g/mol. The summed E-state index contributed by atoms with van der Waals surface area (Å²) in [4.78, 5) is 18.3. The van der Waals surface area contributed by atoms with E-state index in [-0.39, 0.29) is 42.5 Å². The Balaban J connectivity index is 0.00000450. The number of hydrogen-bond donors (Lipinski definition) is 3. The third kappa shape index (κ3) is 9.07. The number of nitrogens with one attached hydrogen (secondary N) is 3. The topological polar surface area (TPSA) is 68.8 Å². The molecule has 0 radical (unpaired) electrons. The van der Waals surface area contributed by atoms with E-state index in [0.717, 1.165) is 43.6 Å². The highest BCUT2D eigenvalue weighted by Gasteiger charge is 2.30. The molecule has 10 heteroatoms. The molecule has 1 amide bonds. The minimum atomic E-state index is -4.31. The minimum Gasteiger partial charge on any atom is -0.357 e. The van der Waals surface area contributed by atoms with Crippen LogP contribution in [-0.2, 0) is 17.5 Å². The van der Waals surface area contributed by atoms with Crippen LogP contribution in [0.1, 0.15) is 37.8 Å². The summed E-state index contributed by atoms with van der Waals surface area (Å²) in [5.74, 6) is 0.486. The predicted molar refractivity (Wildman–Crippen MR) is 123 cm³/mol. The van der Waals surface area contributed by atoms with Crippen LogP contribution in [0.2, 0.25) is 0 Å². The van der Waals surface area contributed by atoms with E-state index < -0.39 is 11.7 Å². The fraction of sp³-hybridized carbons (Fsp3) is 0.600. The molecule has 0 aromatic heterocycles. The van der Waals surface area contributed by atoms with Gasteiger partial charge < -0.3 is 16.0 Å². The Morgan fingerprint density at radius 1 is 1.20 bits per heavy atom. The highest BCUT2D eigenvalue weighted by molar-refractivity contribution is 14.0. The van der Waals surface area contributed by atoms with Crippen LogP contribution in [0.3, 0.4) is 0 Å². The predicted octanol–water partition coefficient (Wildman–Crippen LogP) is 2.98. The van der Waals surface area contributed by atoms with E-state index in [1.165, 1.54) is 12.1 Å². The minimum absolute atomic E-state index is 0. The maximum absolute atomic E-state index is 12.7. The molecule has 0 spiro atoms. The number of benzene rings is 1. The van der Waals surface area contributed by atoms with Gasteiger partial charge in [0.05, 0.1) is 5.56 Å². The first-order chi connectivity index (χ1) is 13.8. The average Bonchev–Trinajstić information content (AvgIpc) is 3.11. The molecule has 1 aliphatic rings. The quantitative estimate of drug-likeness (QED) is 0.269. The van der Waals surface area contributed by atoms with E-state index in [1.54, 1.807) is 0 Å². The third-order valence-corrected chi connectivity index (χ3v) is 4.60. The van der Waals surface area contributed by atoms with E-state index in [1.807, 2.05) is 13.8 Å². The molecule has 1 aromatic rings. The second-order valence-corrected chi connectivity index (χ2v) is 7.10. The van der Waals surface area contributed by atoms with Gasteiger partial charge in [-0.2, -0.15) is 13.2 Å². The van der Waals surface area contributed by atoms with Gasteiger partial charge in [0.1, 0.15) is 6.54 Å². The largest absolute Gasteiger partial charge is 0.416 e. The van der Waals surface area contributed by atoms with E-state index in [0.29, 0.717) is 25.6 Å². The summed E-state index contributed by atoms with van der Waals surface area (Å²) in [6.07, 6.45) is -2.53. The summed E-state index contributed by atoms with van der Waals surface area (Å²) >= 11 is 0. The van der Waals surface area contributed by atoms with Crippen molar-refractivity contribution in [3.63, 3.8) is 0 Å². The number of carbonyl (C=O) groups excluding carboxylic acids is 1. The van der Waals surface area contributed by atoms with Crippen molar-refractivity contribution in [3.8, 4) is 0 Å². The Kier molecular flexibility index (Phi) is 11.5. The molecule has 6 nitrogen and oxygen atoms in total. The van der Waals surface area contributed by atoms with Crippen molar-refractivity contribution in [1.29, 1.82) is 0 Å². The highest BCUT2D eigenvalue weighted by Crippen LogP contribution is 2.29. The van der Waals surface area contributed by atoms with Crippen molar-refractivity contribution in [2.75, 3.05) is 32.7 Å². The highest BCUT2D eigenvalue weighted by atomic mass is 127. The maximum Gasteiger partial charge on any atom is 0.416 e. The lowest BCUT2D eigenvalue weighted by Gasteiger charge is -2.19. The van der Waals surface area contributed by atoms with Gasteiger partial charge in [-0.05, 0) is 37.5 Å². The number of nitrogens with zero attached hydrogens (tertiary/aromatic N) is 2. The van der Waals surface area contributed by atoms with Crippen LogP contribution in [0.5, 0.6) is 0 Å². The van der Waals surface area contributed by atoms with Crippen molar-refractivity contribution >= 4 is 35.8 Å². The van der Waals surface area contributed by atoms with Crippen LogP contribution >= 0.6 is 24.0 Å². The molecular weight excluding hydrogens is 510 g/mol. The molecule has 1 aromatic carbocycles. The van der Waals surface area contributed by atoms with Gasteiger partial charge in [-0.1, -0.05) is 19.1 Å². The van der Waals surface area contributed by atoms with Crippen LogP contribution in [0.25, 0.3) is 0 Å². The number of carbonyl (C=O) groups is 1. The molecule has 30 heavy (non-hydrogen) atoms. The first-order valence-electron chi connectivity index (χ1n) is 10.0. The van der Waals surface area contributed by atoms with Crippen LogP contribution in [0.4, 0.5) is 13.2 Å². The van der Waals surface area contributed by atoms with Crippen LogP contribution < -0.4 is 16.0 Å². The zero-order valence-electron chi connectivity index (χ0n) is 17.4. The number of rotatable bonds is 8. The number of halogens is 4. The molecule has 0 aliphatic carbocycles. The third-order valence-electron chi connectivity index (χ3n) is 4.60. The lowest BCUT2D eigenvalue weighted by atomic mass is 10.1. The van der Waals surface area contributed by atoms with E-state index in [9.17, 15) is 18.0 Å². The Bertz CT molecular complexity index is 682.